The van der Waals surface area contributed by atoms with Gasteiger partial charge >= 0.3 is 0 Å². The summed E-state index contributed by atoms with van der Waals surface area (Å²) in [5.74, 6) is 0.969. The van der Waals surface area contributed by atoms with Crippen LogP contribution in [0.3, 0.4) is 0 Å². The average Bonchev–Trinajstić information content (AvgIpc) is 2.75. The van der Waals surface area contributed by atoms with Gasteiger partial charge in [0.25, 0.3) is 5.91 Å². The molecule has 5 heteroatoms. The van der Waals surface area contributed by atoms with Crippen molar-refractivity contribution < 1.29 is 9.90 Å². The summed E-state index contributed by atoms with van der Waals surface area (Å²) in [4.78, 5) is 16.2. The second-order valence-electron chi connectivity index (χ2n) is 4.46. The van der Waals surface area contributed by atoms with E-state index in [0.29, 0.717) is 18.5 Å². The Balaban J connectivity index is 1.93. The first-order valence-corrected chi connectivity index (χ1v) is 6.12. The molecule has 1 aromatic heterocycles. The summed E-state index contributed by atoms with van der Waals surface area (Å²) in [5, 5.41) is 12.2. The lowest BCUT2D eigenvalue weighted by molar-refractivity contribution is 0.0953. The van der Waals surface area contributed by atoms with Gasteiger partial charge in [-0.15, -0.1) is 0 Å². The molecule has 2 aromatic rings. The largest absolute Gasteiger partial charge is 0.508 e. The summed E-state index contributed by atoms with van der Waals surface area (Å²) in [6.45, 7) is 2.33. The van der Waals surface area contributed by atoms with E-state index in [9.17, 15) is 9.90 Å². The standard InChI is InChI=1S/C14H17N3O2/c1-10-9-11(18)3-4-12(10)14(19)16-6-5-13-15-7-8-17(13)2/h3-4,7-9,18H,5-6H2,1-2H3,(H,16,19). The Bertz CT molecular complexity index is 590. The highest BCUT2D eigenvalue weighted by atomic mass is 16.3. The van der Waals surface area contributed by atoms with Crippen molar-refractivity contribution >= 4 is 5.91 Å². The van der Waals surface area contributed by atoms with E-state index in [2.05, 4.69) is 10.3 Å². The monoisotopic (exact) mass is 259 g/mol. The lowest BCUT2D eigenvalue weighted by atomic mass is 10.1. The maximum Gasteiger partial charge on any atom is 0.251 e. The molecule has 0 aliphatic carbocycles. The van der Waals surface area contributed by atoms with Crippen LogP contribution in [0.15, 0.2) is 30.6 Å². The number of phenolic OH excluding ortho intramolecular Hbond substituents is 1. The fourth-order valence-electron chi connectivity index (χ4n) is 1.92. The average molecular weight is 259 g/mol. The van der Waals surface area contributed by atoms with Crippen molar-refractivity contribution in [2.75, 3.05) is 6.54 Å². The molecule has 19 heavy (non-hydrogen) atoms. The first kappa shape index (κ1) is 13.1. The van der Waals surface area contributed by atoms with Crippen molar-refractivity contribution in [3.8, 4) is 5.75 Å². The van der Waals surface area contributed by atoms with Crippen LogP contribution < -0.4 is 5.32 Å². The number of hydrogen-bond acceptors (Lipinski definition) is 3. The third-order valence-corrected chi connectivity index (χ3v) is 3.01. The minimum absolute atomic E-state index is 0.133. The van der Waals surface area contributed by atoms with Crippen molar-refractivity contribution in [2.45, 2.75) is 13.3 Å². The van der Waals surface area contributed by atoms with Gasteiger partial charge in [-0.2, -0.15) is 0 Å². The number of phenols is 1. The summed E-state index contributed by atoms with van der Waals surface area (Å²) in [6.07, 6.45) is 4.30. The molecule has 0 unspecified atom stereocenters. The molecule has 2 N–H and O–H groups in total. The number of amides is 1. The fraction of sp³-hybridized carbons (Fsp3) is 0.286. The smallest absolute Gasteiger partial charge is 0.251 e. The molecule has 0 spiro atoms. The van der Waals surface area contributed by atoms with Gasteiger partial charge in [-0.3, -0.25) is 4.79 Å². The molecule has 1 heterocycles. The second kappa shape index (κ2) is 5.56. The molecule has 0 aliphatic rings. The summed E-state index contributed by atoms with van der Waals surface area (Å²) in [6, 6.07) is 4.72. The molecular weight excluding hydrogens is 242 g/mol. The first-order valence-electron chi connectivity index (χ1n) is 6.12. The summed E-state index contributed by atoms with van der Waals surface area (Å²) in [7, 11) is 1.92. The first-order chi connectivity index (χ1) is 9.08. The Morgan fingerprint density at radius 2 is 2.26 bits per heavy atom. The number of benzene rings is 1. The lowest BCUT2D eigenvalue weighted by Gasteiger charge is -2.08. The van der Waals surface area contributed by atoms with Crippen molar-refractivity contribution in [1.29, 1.82) is 0 Å². The zero-order chi connectivity index (χ0) is 13.8. The topological polar surface area (TPSA) is 67.2 Å². The molecule has 2 rings (SSSR count). The van der Waals surface area contributed by atoms with E-state index < -0.39 is 0 Å². The number of aromatic nitrogens is 2. The quantitative estimate of drug-likeness (QED) is 0.872. The number of aryl methyl sites for hydroxylation is 2. The van der Waals surface area contributed by atoms with E-state index in [4.69, 9.17) is 0 Å². The molecule has 1 aromatic carbocycles. The highest BCUT2D eigenvalue weighted by molar-refractivity contribution is 5.95. The summed E-state index contributed by atoms with van der Waals surface area (Å²) < 4.78 is 1.93. The van der Waals surface area contributed by atoms with E-state index >= 15 is 0 Å². The van der Waals surface area contributed by atoms with Crippen LogP contribution in [0.2, 0.25) is 0 Å². The number of rotatable bonds is 4. The Kier molecular flexibility index (Phi) is 3.85. The molecule has 100 valence electrons. The van der Waals surface area contributed by atoms with Gasteiger partial charge < -0.3 is 15.0 Å². The normalized spacial score (nSPS) is 10.4. The molecule has 1 amide bonds. The number of hydrogen-bond donors (Lipinski definition) is 2. The van der Waals surface area contributed by atoms with Crippen molar-refractivity contribution in [2.24, 2.45) is 7.05 Å². The Hall–Kier alpha value is -2.30. The third-order valence-electron chi connectivity index (χ3n) is 3.01. The van der Waals surface area contributed by atoms with E-state index in [1.54, 1.807) is 25.3 Å². The molecular formula is C14H17N3O2. The van der Waals surface area contributed by atoms with Gasteiger partial charge in [0.1, 0.15) is 11.6 Å². The van der Waals surface area contributed by atoms with Gasteiger partial charge in [0.15, 0.2) is 0 Å². The molecule has 0 radical (unpaired) electrons. The van der Waals surface area contributed by atoms with Crippen molar-refractivity contribution in [3.05, 3.63) is 47.5 Å². The third kappa shape index (κ3) is 3.13. The molecule has 5 nitrogen and oxygen atoms in total. The number of aromatic hydroxyl groups is 1. The van der Waals surface area contributed by atoms with E-state index in [1.165, 1.54) is 6.07 Å². The minimum atomic E-state index is -0.133. The number of nitrogens with one attached hydrogen (secondary N) is 1. The van der Waals surface area contributed by atoms with Crippen LogP contribution in [0.4, 0.5) is 0 Å². The predicted molar refractivity (Wildman–Crippen MR) is 72.1 cm³/mol. The van der Waals surface area contributed by atoms with Crippen LogP contribution in [0.5, 0.6) is 5.75 Å². The van der Waals surface area contributed by atoms with Gasteiger partial charge in [-0.25, -0.2) is 4.98 Å². The van der Waals surface area contributed by atoms with Crippen LogP contribution in [0, 0.1) is 6.92 Å². The molecule has 0 aliphatic heterocycles. The van der Waals surface area contributed by atoms with Gasteiger partial charge in [0, 0.05) is 38.0 Å². The number of imidazole rings is 1. The fourth-order valence-corrected chi connectivity index (χ4v) is 1.92. The van der Waals surface area contributed by atoms with Crippen LogP contribution in [-0.2, 0) is 13.5 Å². The highest BCUT2D eigenvalue weighted by Gasteiger charge is 2.09. The van der Waals surface area contributed by atoms with E-state index in [1.807, 2.05) is 17.8 Å². The molecule has 0 fully saturated rings. The van der Waals surface area contributed by atoms with Gasteiger partial charge in [0.05, 0.1) is 0 Å². The SMILES string of the molecule is Cc1cc(O)ccc1C(=O)NCCc1nccn1C. The summed E-state index contributed by atoms with van der Waals surface area (Å²) >= 11 is 0. The summed E-state index contributed by atoms with van der Waals surface area (Å²) in [5.41, 5.74) is 1.34. The highest BCUT2D eigenvalue weighted by Crippen LogP contribution is 2.15. The van der Waals surface area contributed by atoms with Gasteiger partial charge in [-0.05, 0) is 30.7 Å². The Morgan fingerprint density at radius 3 is 2.89 bits per heavy atom. The molecule has 0 saturated heterocycles. The zero-order valence-corrected chi connectivity index (χ0v) is 11.1. The predicted octanol–water partition coefficient (Wildman–Crippen LogP) is 1.41. The number of nitrogens with zero attached hydrogens (tertiary/aromatic N) is 2. The number of carbonyl (C=O) groups is 1. The minimum Gasteiger partial charge on any atom is -0.508 e. The maximum absolute atomic E-state index is 12.0. The van der Waals surface area contributed by atoms with Crippen LogP contribution in [0.25, 0.3) is 0 Å². The van der Waals surface area contributed by atoms with Crippen LogP contribution in [-0.4, -0.2) is 27.1 Å². The maximum atomic E-state index is 12.0. The lowest BCUT2D eigenvalue weighted by Crippen LogP contribution is -2.26. The van der Waals surface area contributed by atoms with Crippen LogP contribution in [0.1, 0.15) is 21.7 Å². The van der Waals surface area contributed by atoms with Gasteiger partial charge in [-0.1, -0.05) is 0 Å². The van der Waals surface area contributed by atoms with Crippen molar-refractivity contribution in [3.63, 3.8) is 0 Å². The van der Waals surface area contributed by atoms with E-state index in [0.717, 1.165) is 11.4 Å². The second-order valence-corrected chi connectivity index (χ2v) is 4.46. The molecule has 0 saturated carbocycles. The number of carbonyl (C=O) groups excluding carboxylic acids is 1. The zero-order valence-electron chi connectivity index (χ0n) is 11.1. The van der Waals surface area contributed by atoms with Gasteiger partial charge in [0.2, 0.25) is 0 Å². The van der Waals surface area contributed by atoms with E-state index in [-0.39, 0.29) is 11.7 Å². The van der Waals surface area contributed by atoms with Crippen molar-refractivity contribution in [1.82, 2.24) is 14.9 Å². The molecule has 0 atom stereocenters. The Labute approximate surface area is 111 Å². The Morgan fingerprint density at radius 1 is 1.47 bits per heavy atom. The molecule has 0 bridgehead atoms. The van der Waals surface area contributed by atoms with Crippen LogP contribution >= 0.6 is 0 Å².